The highest BCUT2D eigenvalue weighted by atomic mass is 16.6. The van der Waals surface area contributed by atoms with Crippen molar-refractivity contribution < 1.29 is 23.8 Å². The van der Waals surface area contributed by atoms with Crippen molar-refractivity contribution in [1.29, 1.82) is 0 Å². The van der Waals surface area contributed by atoms with Crippen LogP contribution in [-0.4, -0.2) is 37.1 Å². The van der Waals surface area contributed by atoms with Crippen molar-refractivity contribution in [2.75, 3.05) is 13.2 Å². The van der Waals surface area contributed by atoms with Crippen LogP contribution in [0.3, 0.4) is 0 Å². The van der Waals surface area contributed by atoms with Crippen LogP contribution >= 0.6 is 0 Å². The molecule has 0 aromatic heterocycles. The first-order valence-corrected chi connectivity index (χ1v) is 9.66. The maximum absolute atomic E-state index is 12.9. The number of carbonyl (C=O) groups is 2. The fourth-order valence-electron chi connectivity index (χ4n) is 4.16. The maximum atomic E-state index is 12.9. The van der Waals surface area contributed by atoms with Crippen molar-refractivity contribution >= 4 is 18.2 Å². The molecule has 6 heteroatoms. The van der Waals surface area contributed by atoms with Crippen LogP contribution in [0.1, 0.15) is 45.3 Å². The summed E-state index contributed by atoms with van der Waals surface area (Å²) in [7, 11) is 0. The number of nitrogens with zero attached hydrogens (tertiary/aromatic N) is 1. The lowest BCUT2D eigenvalue weighted by atomic mass is 9.84. The smallest absolute Gasteiger partial charge is 0.323 e. The third-order valence-electron chi connectivity index (χ3n) is 5.47. The van der Waals surface area contributed by atoms with Crippen LogP contribution in [0.4, 0.5) is 0 Å². The molecule has 3 rings (SSSR count). The fraction of sp³-hybridized carbons (Fsp3) is 0.500. The summed E-state index contributed by atoms with van der Waals surface area (Å²) in [5.41, 5.74) is -0.709. The Kier molecular flexibility index (Phi) is 5.70. The van der Waals surface area contributed by atoms with E-state index in [1.54, 1.807) is 20.1 Å². The summed E-state index contributed by atoms with van der Waals surface area (Å²) in [6.45, 7) is 9.74. The van der Waals surface area contributed by atoms with Gasteiger partial charge in [-0.05, 0) is 32.8 Å². The van der Waals surface area contributed by atoms with Gasteiger partial charge in [0.05, 0.1) is 13.2 Å². The Hall–Kier alpha value is -2.47. The van der Waals surface area contributed by atoms with E-state index in [4.69, 9.17) is 14.2 Å². The number of hydrogen-bond donors (Lipinski definition) is 0. The van der Waals surface area contributed by atoms with Crippen molar-refractivity contribution in [2.45, 2.75) is 45.4 Å². The summed E-state index contributed by atoms with van der Waals surface area (Å²) in [4.78, 5) is 30.5. The second-order valence-electron chi connectivity index (χ2n) is 7.38. The summed E-state index contributed by atoms with van der Waals surface area (Å²) in [6.07, 6.45) is 1.69. The largest absolute Gasteiger partial charge is 0.465 e. The molecule has 28 heavy (non-hydrogen) atoms. The van der Waals surface area contributed by atoms with Crippen LogP contribution in [0.15, 0.2) is 47.5 Å². The van der Waals surface area contributed by atoms with E-state index in [0.717, 1.165) is 11.1 Å². The Balaban J connectivity index is 1.97. The van der Waals surface area contributed by atoms with E-state index in [1.165, 1.54) is 0 Å². The Labute approximate surface area is 165 Å². The highest BCUT2D eigenvalue weighted by Crippen LogP contribution is 2.57. The van der Waals surface area contributed by atoms with Crippen LogP contribution in [0.5, 0.6) is 0 Å². The Morgan fingerprint density at radius 1 is 1.18 bits per heavy atom. The predicted molar refractivity (Wildman–Crippen MR) is 105 cm³/mol. The molecule has 1 aliphatic heterocycles. The zero-order valence-corrected chi connectivity index (χ0v) is 16.6. The van der Waals surface area contributed by atoms with Gasteiger partial charge in [0, 0.05) is 18.6 Å². The van der Waals surface area contributed by atoms with E-state index in [-0.39, 0.29) is 38.1 Å². The van der Waals surface area contributed by atoms with Crippen molar-refractivity contribution in [3.8, 4) is 0 Å². The van der Waals surface area contributed by atoms with E-state index in [9.17, 15) is 9.59 Å². The van der Waals surface area contributed by atoms with Gasteiger partial charge in [0.15, 0.2) is 11.1 Å². The third-order valence-corrected chi connectivity index (χ3v) is 5.47. The van der Waals surface area contributed by atoms with Crippen LogP contribution in [0.25, 0.3) is 0 Å². The first-order chi connectivity index (χ1) is 13.4. The van der Waals surface area contributed by atoms with Gasteiger partial charge < -0.3 is 14.2 Å². The topological polar surface area (TPSA) is 74.2 Å². The lowest BCUT2D eigenvalue weighted by molar-refractivity contribution is -0.173. The number of aliphatic imine (C=N–C) groups is 1. The summed E-state index contributed by atoms with van der Waals surface area (Å²) < 4.78 is 16.9. The molecule has 1 aromatic carbocycles. The number of carbonyl (C=O) groups excluding carboxylic acids is 2. The van der Waals surface area contributed by atoms with Crippen LogP contribution in [0.2, 0.25) is 0 Å². The van der Waals surface area contributed by atoms with Crippen LogP contribution in [-0.2, 0) is 23.8 Å². The SMILES string of the molecule is C=C(C)[C@H]1CC(C(=O)OCC)(C(=O)OCC)C[C@]12N=C[C@@H](c1ccccc1)O2. The molecule has 1 fully saturated rings. The van der Waals surface area contributed by atoms with Crippen LogP contribution < -0.4 is 0 Å². The average Bonchev–Trinajstić information content (AvgIpc) is 3.26. The van der Waals surface area contributed by atoms with E-state index < -0.39 is 23.1 Å². The molecule has 0 amide bonds. The van der Waals surface area contributed by atoms with Crippen molar-refractivity contribution in [3.05, 3.63) is 48.0 Å². The average molecular weight is 385 g/mol. The molecule has 1 heterocycles. The third kappa shape index (κ3) is 3.37. The minimum Gasteiger partial charge on any atom is -0.465 e. The fourth-order valence-corrected chi connectivity index (χ4v) is 4.16. The molecular weight excluding hydrogens is 358 g/mol. The van der Waals surface area contributed by atoms with Crippen LogP contribution in [0, 0.1) is 11.3 Å². The molecular formula is C22H27NO5. The van der Waals surface area contributed by atoms with Crippen molar-refractivity contribution in [2.24, 2.45) is 16.3 Å². The van der Waals surface area contributed by atoms with Gasteiger partial charge in [0.2, 0.25) is 0 Å². The summed E-state index contributed by atoms with van der Waals surface area (Å²) in [5.74, 6) is -1.47. The zero-order valence-electron chi connectivity index (χ0n) is 16.6. The minimum atomic E-state index is -1.45. The lowest BCUT2D eigenvalue weighted by Crippen LogP contribution is -2.42. The minimum absolute atomic E-state index is 0.0784. The van der Waals surface area contributed by atoms with Crippen molar-refractivity contribution in [3.63, 3.8) is 0 Å². The zero-order chi connectivity index (χ0) is 20.4. The molecule has 1 aromatic rings. The first-order valence-electron chi connectivity index (χ1n) is 9.66. The van der Waals surface area contributed by atoms with E-state index >= 15 is 0 Å². The molecule has 0 radical (unpaired) electrons. The van der Waals surface area contributed by atoms with Gasteiger partial charge >= 0.3 is 11.9 Å². The molecule has 3 atom stereocenters. The number of esters is 2. The summed E-state index contributed by atoms with van der Waals surface area (Å²) in [5, 5.41) is 0. The van der Waals surface area contributed by atoms with E-state index in [2.05, 4.69) is 11.6 Å². The highest BCUT2D eigenvalue weighted by molar-refractivity contribution is 6.01. The van der Waals surface area contributed by atoms with Gasteiger partial charge in [-0.1, -0.05) is 42.5 Å². The second kappa shape index (κ2) is 7.87. The summed E-state index contributed by atoms with van der Waals surface area (Å²) >= 11 is 0. The predicted octanol–water partition coefficient (Wildman–Crippen LogP) is 3.62. The van der Waals surface area contributed by atoms with Crippen molar-refractivity contribution in [1.82, 2.24) is 0 Å². The van der Waals surface area contributed by atoms with Gasteiger partial charge in [0.1, 0.15) is 6.10 Å². The molecule has 1 aliphatic carbocycles. The Morgan fingerprint density at radius 3 is 2.32 bits per heavy atom. The maximum Gasteiger partial charge on any atom is 0.323 e. The van der Waals surface area contributed by atoms with Gasteiger partial charge in [-0.3, -0.25) is 14.6 Å². The number of ether oxygens (including phenoxy) is 3. The van der Waals surface area contributed by atoms with E-state index in [1.807, 2.05) is 37.3 Å². The molecule has 0 N–H and O–H groups in total. The molecule has 6 nitrogen and oxygen atoms in total. The molecule has 0 unspecified atom stereocenters. The summed E-state index contributed by atoms with van der Waals surface area (Å²) in [6, 6.07) is 9.73. The van der Waals surface area contributed by atoms with E-state index in [0.29, 0.717) is 0 Å². The number of rotatable bonds is 6. The molecule has 2 aliphatic rings. The van der Waals surface area contributed by atoms with Gasteiger partial charge in [-0.15, -0.1) is 0 Å². The second-order valence-corrected chi connectivity index (χ2v) is 7.38. The monoisotopic (exact) mass is 385 g/mol. The number of benzene rings is 1. The van der Waals surface area contributed by atoms with Gasteiger partial charge in [0.25, 0.3) is 0 Å². The number of hydrogen-bond acceptors (Lipinski definition) is 6. The lowest BCUT2D eigenvalue weighted by Gasteiger charge is -2.30. The Bertz CT molecular complexity index is 769. The quantitative estimate of drug-likeness (QED) is 0.425. The molecule has 150 valence electrons. The first kappa shape index (κ1) is 20.3. The molecule has 0 bridgehead atoms. The molecule has 0 saturated heterocycles. The van der Waals surface area contributed by atoms with Gasteiger partial charge in [-0.25, -0.2) is 0 Å². The Morgan fingerprint density at radius 2 is 1.79 bits per heavy atom. The standard InChI is InChI=1S/C22H27NO5/c1-5-26-19(24)21(20(25)27-6-2)12-17(15(3)4)22(14-21)23-13-18(28-22)16-10-8-7-9-11-16/h7-11,13,17-18H,3,5-6,12,14H2,1-2,4H3/t17-,18+,22-/m1/s1. The van der Waals surface area contributed by atoms with Gasteiger partial charge in [-0.2, -0.15) is 0 Å². The molecule has 1 spiro atoms. The molecule has 1 saturated carbocycles. The highest BCUT2D eigenvalue weighted by Gasteiger charge is 2.66. The normalized spacial score (nSPS) is 27.7.